The van der Waals surface area contributed by atoms with E-state index >= 15 is 0 Å². The first-order valence-electron chi connectivity index (χ1n) is 12.5. The Morgan fingerprint density at radius 3 is 2.45 bits per heavy atom. The maximum absolute atomic E-state index is 12.3. The van der Waals surface area contributed by atoms with Crippen LogP contribution in [0.15, 0.2) is 53.7 Å². The lowest BCUT2D eigenvalue weighted by atomic mass is 10.1. The number of thioether (sulfide) groups is 1. The first kappa shape index (κ1) is 33.8. The summed E-state index contributed by atoms with van der Waals surface area (Å²) in [6, 6.07) is 9.98. The van der Waals surface area contributed by atoms with Crippen molar-refractivity contribution in [2.45, 2.75) is 12.3 Å². The SMILES string of the molecule is COC(=O)c1ccccc1CS(=O)(=O)NC(=O)Nc1nc(OC)cc(OC)n1.N#CN=C1SCCN1Cc1ccc(Cl)nc1. The number of nitrogens with one attached hydrogen (secondary N) is 2. The molecule has 1 fully saturated rings. The van der Waals surface area contributed by atoms with E-state index < -0.39 is 27.8 Å². The minimum Gasteiger partial charge on any atom is -0.481 e. The van der Waals surface area contributed by atoms with Gasteiger partial charge in [0.15, 0.2) is 5.17 Å². The van der Waals surface area contributed by atoms with Crippen LogP contribution in [0.2, 0.25) is 5.15 Å². The maximum atomic E-state index is 12.3. The highest BCUT2D eigenvalue weighted by atomic mass is 35.5. The number of aliphatic imine (C=N–C) groups is 1. The third-order valence-electron chi connectivity index (χ3n) is 5.51. The van der Waals surface area contributed by atoms with Crippen molar-refractivity contribution in [1.82, 2.24) is 24.6 Å². The van der Waals surface area contributed by atoms with Crippen molar-refractivity contribution in [2.75, 3.05) is 38.9 Å². The van der Waals surface area contributed by atoms with Gasteiger partial charge in [0, 0.05) is 25.0 Å². The Labute approximate surface area is 262 Å². The average Bonchev–Trinajstić information content (AvgIpc) is 3.44. The van der Waals surface area contributed by atoms with Crippen molar-refractivity contribution in [3.63, 3.8) is 0 Å². The van der Waals surface area contributed by atoms with E-state index in [0.717, 1.165) is 29.6 Å². The molecule has 2 aromatic heterocycles. The van der Waals surface area contributed by atoms with Crippen molar-refractivity contribution in [3.05, 3.63) is 70.5 Å². The minimum atomic E-state index is -4.14. The molecule has 0 radical (unpaired) electrons. The molecule has 0 saturated carbocycles. The van der Waals surface area contributed by atoms with Crippen LogP contribution < -0.4 is 19.5 Å². The highest BCUT2D eigenvalue weighted by molar-refractivity contribution is 8.14. The van der Waals surface area contributed by atoms with Gasteiger partial charge in [0.25, 0.3) is 0 Å². The third kappa shape index (κ3) is 10.3. The fourth-order valence-corrected chi connectivity index (χ4v) is 5.70. The third-order valence-corrected chi connectivity index (χ3v) is 7.92. The number of anilines is 1. The van der Waals surface area contributed by atoms with Gasteiger partial charge in [-0.1, -0.05) is 47.6 Å². The summed E-state index contributed by atoms with van der Waals surface area (Å²) in [4.78, 5) is 41.4. The van der Waals surface area contributed by atoms with Gasteiger partial charge in [0.05, 0.1) is 38.7 Å². The van der Waals surface area contributed by atoms with Crippen molar-refractivity contribution < 1.29 is 32.2 Å². The fourth-order valence-electron chi connectivity index (χ4n) is 3.58. The predicted molar refractivity (Wildman–Crippen MR) is 163 cm³/mol. The molecule has 2 amide bonds. The number of esters is 1. The number of nitrogens with zero attached hydrogens (tertiary/aromatic N) is 6. The van der Waals surface area contributed by atoms with E-state index in [-0.39, 0.29) is 28.8 Å². The smallest absolute Gasteiger partial charge is 0.338 e. The van der Waals surface area contributed by atoms with Gasteiger partial charge in [-0.05, 0) is 23.3 Å². The Kier molecular flexibility index (Phi) is 12.5. The summed E-state index contributed by atoms with van der Waals surface area (Å²) >= 11 is 7.32. The molecule has 3 aromatic rings. The molecule has 0 spiro atoms. The van der Waals surface area contributed by atoms with Crippen molar-refractivity contribution in [3.8, 4) is 18.0 Å². The lowest BCUT2D eigenvalue weighted by Crippen LogP contribution is -2.36. The van der Waals surface area contributed by atoms with E-state index in [1.807, 2.05) is 17.0 Å². The molecule has 0 aliphatic carbocycles. The number of methoxy groups -OCH3 is 3. The number of rotatable bonds is 9. The molecule has 0 atom stereocenters. The summed E-state index contributed by atoms with van der Waals surface area (Å²) in [5.41, 5.74) is 1.32. The van der Waals surface area contributed by atoms with Crippen molar-refractivity contribution in [1.29, 1.82) is 5.26 Å². The molecule has 1 aliphatic heterocycles. The molecule has 232 valence electrons. The topological polar surface area (TPSA) is 198 Å². The maximum Gasteiger partial charge on any atom is 0.338 e. The lowest BCUT2D eigenvalue weighted by molar-refractivity contribution is 0.0599. The van der Waals surface area contributed by atoms with E-state index in [1.54, 1.807) is 36.2 Å². The van der Waals surface area contributed by atoms with Gasteiger partial charge < -0.3 is 19.1 Å². The Bertz CT molecular complexity index is 1630. The van der Waals surface area contributed by atoms with Crippen LogP contribution in [0.25, 0.3) is 0 Å². The summed E-state index contributed by atoms with van der Waals surface area (Å²) in [5, 5.41) is 12.0. The van der Waals surface area contributed by atoms with E-state index in [2.05, 4.69) is 34.9 Å². The number of nitriles is 1. The Morgan fingerprint density at radius 2 is 1.84 bits per heavy atom. The second-order valence-electron chi connectivity index (χ2n) is 8.49. The molecule has 44 heavy (non-hydrogen) atoms. The van der Waals surface area contributed by atoms with Gasteiger partial charge in [0.2, 0.25) is 33.9 Å². The summed E-state index contributed by atoms with van der Waals surface area (Å²) in [6.07, 6.45) is 3.57. The largest absolute Gasteiger partial charge is 0.481 e. The van der Waals surface area contributed by atoms with Gasteiger partial charge in [-0.15, -0.1) is 4.99 Å². The number of benzene rings is 1. The number of aromatic nitrogens is 3. The number of pyridine rings is 1. The average molecular weight is 663 g/mol. The molecule has 3 heterocycles. The molecule has 0 unspecified atom stereocenters. The molecule has 0 bridgehead atoms. The van der Waals surface area contributed by atoms with Crippen LogP contribution in [0, 0.1) is 11.5 Å². The number of carbonyl (C=O) groups excluding carboxylic acids is 2. The number of urea groups is 1. The molecular formula is C26H27ClN8O7S2. The zero-order valence-electron chi connectivity index (χ0n) is 23.7. The van der Waals surface area contributed by atoms with E-state index in [9.17, 15) is 18.0 Å². The zero-order chi connectivity index (χ0) is 32.1. The monoisotopic (exact) mass is 662 g/mol. The molecule has 4 rings (SSSR count). The normalized spacial score (nSPS) is 13.2. The number of amides is 2. The van der Waals surface area contributed by atoms with Crippen LogP contribution in [0.3, 0.4) is 0 Å². The molecule has 2 N–H and O–H groups in total. The van der Waals surface area contributed by atoms with E-state index in [1.165, 1.54) is 39.5 Å². The van der Waals surface area contributed by atoms with Crippen LogP contribution in [0.4, 0.5) is 10.7 Å². The predicted octanol–water partition coefficient (Wildman–Crippen LogP) is 3.05. The first-order valence-corrected chi connectivity index (χ1v) is 15.5. The molecule has 18 heteroatoms. The summed E-state index contributed by atoms with van der Waals surface area (Å²) in [5.74, 6) is -0.338. The summed E-state index contributed by atoms with van der Waals surface area (Å²) in [7, 11) is -0.243. The Morgan fingerprint density at radius 1 is 1.14 bits per heavy atom. The molecule has 1 aliphatic rings. The number of sulfonamides is 1. The van der Waals surface area contributed by atoms with Crippen molar-refractivity contribution in [2.24, 2.45) is 4.99 Å². The van der Waals surface area contributed by atoms with Gasteiger partial charge in [0.1, 0.15) is 5.15 Å². The van der Waals surface area contributed by atoms with Crippen LogP contribution in [0.1, 0.15) is 21.5 Å². The highest BCUT2D eigenvalue weighted by Gasteiger charge is 2.21. The van der Waals surface area contributed by atoms with Crippen molar-refractivity contribution >= 4 is 56.5 Å². The zero-order valence-corrected chi connectivity index (χ0v) is 26.1. The minimum absolute atomic E-state index is 0.0802. The Balaban J connectivity index is 0.000000278. The number of ether oxygens (including phenoxy) is 3. The second-order valence-corrected chi connectivity index (χ2v) is 11.7. The van der Waals surface area contributed by atoms with Crippen LogP contribution in [0.5, 0.6) is 11.8 Å². The van der Waals surface area contributed by atoms with Gasteiger partial charge in [-0.3, -0.25) is 5.32 Å². The quantitative estimate of drug-likeness (QED) is 0.193. The molecular weight excluding hydrogens is 636 g/mol. The summed E-state index contributed by atoms with van der Waals surface area (Å²) in [6.45, 7) is 1.63. The van der Waals surface area contributed by atoms with E-state index in [4.69, 9.17) is 26.3 Å². The van der Waals surface area contributed by atoms with Crippen LogP contribution >= 0.6 is 23.4 Å². The number of hydrogen-bond acceptors (Lipinski definition) is 13. The van der Waals surface area contributed by atoms with Gasteiger partial charge in [-0.25, -0.2) is 27.7 Å². The van der Waals surface area contributed by atoms with Gasteiger partial charge in [-0.2, -0.15) is 15.2 Å². The first-order chi connectivity index (χ1) is 21.1. The highest BCUT2D eigenvalue weighted by Crippen LogP contribution is 2.21. The Hall–Kier alpha value is -4.66. The molecule has 1 aromatic carbocycles. The number of halogens is 1. The standard InChI is InChI=1S/C16H18N4O7S.C10H9ClN4S/c1-25-12-8-13(26-2)18-15(17-12)19-16(22)20-28(23,24)9-10-6-4-5-7-11(10)14(21)27-3;11-9-2-1-8(5-13-9)6-15-3-4-16-10(15)14-7-12/h4-8H,9H2,1-3H3,(H2,17,18,19,20,22);1-2,5H,3-4,6H2. The van der Waals surface area contributed by atoms with Crippen LogP contribution in [-0.2, 0) is 27.1 Å². The van der Waals surface area contributed by atoms with Crippen LogP contribution in [-0.4, -0.2) is 79.1 Å². The van der Waals surface area contributed by atoms with E-state index in [0.29, 0.717) is 5.15 Å². The number of carbonyl (C=O) groups is 2. The molecule has 1 saturated heterocycles. The molecule has 15 nitrogen and oxygen atoms in total. The number of amidine groups is 1. The second kappa shape index (κ2) is 16.3. The number of hydrogen-bond donors (Lipinski definition) is 2. The fraction of sp³-hybridized carbons (Fsp3) is 0.269. The van der Waals surface area contributed by atoms with Gasteiger partial charge >= 0.3 is 12.0 Å². The lowest BCUT2D eigenvalue weighted by Gasteiger charge is -2.16. The summed E-state index contributed by atoms with van der Waals surface area (Å²) < 4.78 is 40.9.